The highest BCUT2D eigenvalue weighted by molar-refractivity contribution is 5.97. The highest BCUT2D eigenvalue weighted by Crippen LogP contribution is 2.16. The SMILES string of the molecule is CCN1CCN(CCCNc2nc(C)c(C)cc2C(N)=O)CC1. The molecule has 0 saturated carbocycles. The fourth-order valence-electron chi connectivity index (χ4n) is 2.87. The second-order valence-electron chi connectivity index (χ2n) is 6.21. The number of anilines is 1. The quantitative estimate of drug-likeness (QED) is 0.740. The molecule has 0 unspecified atom stereocenters. The Morgan fingerprint density at radius 3 is 2.52 bits per heavy atom. The first kappa shape index (κ1) is 17.7. The summed E-state index contributed by atoms with van der Waals surface area (Å²) in [5.74, 6) is 0.176. The summed E-state index contributed by atoms with van der Waals surface area (Å²) in [6.07, 6.45) is 1.03. The van der Waals surface area contributed by atoms with E-state index in [1.165, 1.54) is 0 Å². The van der Waals surface area contributed by atoms with Crippen molar-refractivity contribution in [1.82, 2.24) is 14.8 Å². The number of pyridine rings is 1. The molecule has 23 heavy (non-hydrogen) atoms. The minimum absolute atomic E-state index is 0.432. The number of aryl methyl sites for hydroxylation is 2. The summed E-state index contributed by atoms with van der Waals surface area (Å²) in [7, 11) is 0. The molecule has 2 heterocycles. The van der Waals surface area contributed by atoms with Gasteiger partial charge in [0.15, 0.2) is 0 Å². The molecule has 1 aliphatic heterocycles. The van der Waals surface area contributed by atoms with Crippen molar-refractivity contribution in [3.05, 3.63) is 22.9 Å². The molecule has 0 aliphatic carbocycles. The van der Waals surface area contributed by atoms with Gasteiger partial charge in [-0.05, 0) is 45.0 Å². The van der Waals surface area contributed by atoms with Gasteiger partial charge >= 0.3 is 0 Å². The van der Waals surface area contributed by atoms with Crippen LogP contribution in [0.25, 0.3) is 0 Å². The third-order valence-electron chi connectivity index (χ3n) is 4.59. The Morgan fingerprint density at radius 1 is 1.26 bits per heavy atom. The zero-order valence-electron chi connectivity index (χ0n) is 14.6. The second-order valence-corrected chi connectivity index (χ2v) is 6.21. The predicted octanol–water partition coefficient (Wildman–Crippen LogP) is 1.24. The van der Waals surface area contributed by atoms with Crippen LogP contribution in [0.3, 0.4) is 0 Å². The van der Waals surface area contributed by atoms with Crippen molar-refractivity contribution in [3.8, 4) is 0 Å². The molecule has 0 spiro atoms. The van der Waals surface area contributed by atoms with Crippen molar-refractivity contribution in [1.29, 1.82) is 0 Å². The Bertz CT molecular complexity index is 538. The van der Waals surface area contributed by atoms with Crippen LogP contribution in [0.4, 0.5) is 5.82 Å². The zero-order chi connectivity index (χ0) is 16.8. The molecule has 1 aromatic heterocycles. The van der Waals surface area contributed by atoms with Gasteiger partial charge in [0.05, 0.1) is 5.56 Å². The molecule has 1 aliphatic rings. The normalized spacial score (nSPS) is 16.5. The molecule has 3 N–H and O–H groups in total. The molecular formula is C17H29N5O. The Kier molecular flexibility index (Phi) is 6.36. The van der Waals surface area contributed by atoms with Gasteiger partial charge in [0.1, 0.15) is 5.82 Å². The second kappa shape index (κ2) is 8.26. The molecular weight excluding hydrogens is 290 g/mol. The number of amides is 1. The number of primary amides is 1. The van der Waals surface area contributed by atoms with Crippen LogP contribution in [-0.4, -0.2) is 66.5 Å². The van der Waals surface area contributed by atoms with Crippen molar-refractivity contribution in [2.24, 2.45) is 5.73 Å². The lowest BCUT2D eigenvalue weighted by atomic mass is 10.1. The molecule has 0 radical (unpaired) electrons. The van der Waals surface area contributed by atoms with Crippen molar-refractivity contribution in [3.63, 3.8) is 0 Å². The number of hydrogen-bond acceptors (Lipinski definition) is 5. The maximum absolute atomic E-state index is 11.6. The third kappa shape index (κ3) is 4.91. The number of rotatable bonds is 7. The van der Waals surface area contributed by atoms with Gasteiger partial charge in [0.25, 0.3) is 5.91 Å². The Hall–Kier alpha value is -1.66. The van der Waals surface area contributed by atoms with Gasteiger partial charge in [-0.2, -0.15) is 0 Å². The minimum Gasteiger partial charge on any atom is -0.369 e. The Labute approximate surface area is 139 Å². The number of carbonyl (C=O) groups excluding carboxylic acids is 1. The topological polar surface area (TPSA) is 74.5 Å². The van der Waals surface area contributed by atoms with E-state index in [2.05, 4.69) is 27.0 Å². The standard InChI is InChI=1S/C17H29N5O/c1-4-21-8-10-22(11-9-21)7-5-6-19-17-15(16(18)23)12-13(2)14(3)20-17/h12H,4-11H2,1-3H3,(H2,18,23)(H,19,20). The summed E-state index contributed by atoms with van der Waals surface area (Å²) in [6.45, 7) is 13.7. The van der Waals surface area contributed by atoms with E-state index in [1.807, 2.05) is 19.9 Å². The van der Waals surface area contributed by atoms with E-state index < -0.39 is 5.91 Å². The van der Waals surface area contributed by atoms with Gasteiger partial charge in [-0.1, -0.05) is 6.92 Å². The van der Waals surface area contributed by atoms with E-state index in [-0.39, 0.29) is 0 Å². The van der Waals surface area contributed by atoms with E-state index in [4.69, 9.17) is 5.73 Å². The average Bonchev–Trinajstić information content (AvgIpc) is 2.54. The summed E-state index contributed by atoms with van der Waals surface area (Å²) >= 11 is 0. The van der Waals surface area contributed by atoms with Crippen LogP contribution in [0.2, 0.25) is 0 Å². The molecule has 0 atom stereocenters. The lowest BCUT2D eigenvalue weighted by molar-refractivity contribution is 0.100. The molecule has 1 fully saturated rings. The molecule has 0 aromatic carbocycles. The molecule has 1 saturated heterocycles. The molecule has 128 valence electrons. The van der Waals surface area contributed by atoms with E-state index in [0.29, 0.717) is 11.4 Å². The van der Waals surface area contributed by atoms with Crippen LogP contribution in [0.5, 0.6) is 0 Å². The zero-order valence-corrected chi connectivity index (χ0v) is 14.6. The first-order valence-electron chi connectivity index (χ1n) is 8.48. The molecule has 2 rings (SSSR count). The van der Waals surface area contributed by atoms with Crippen LogP contribution < -0.4 is 11.1 Å². The molecule has 6 heteroatoms. The lowest BCUT2D eigenvalue weighted by Crippen LogP contribution is -2.46. The summed E-state index contributed by atoms with van der Waals surface area (Å²) in [5, 5.41) is 3.27. The van der Waals surface area contributed by atoms with Crippen molar-refractivity contribution in [2.45, 2.75) is 27.2 Å². The van der Waals surface area contributed by atoms with Gasteiger partial charge in [-0.3, -0.25) is 4.79 Å². The fraction of sp³-hybridized carbons (Fsp3) is 0.647. The molecule has 0 bridgehead atoms. The summed E-state index contributed by atoms with van der Waals surface area (Å²) < 4.78 is 0. The first-order chi connectivity index (χ1) is 11.0. The van der Waals surface area contributed by atoms with Crippen LogP contribution in [-0.2, 0) is 0 Å². The number of nitrogens with zero attached hydrogens (tertiary/aromatic N) is 3. The van der Waals surface area contributed by atoms with Crippen LogP contribution >= 0.6 is 0 Å². The average molecular weight is 319 g/mol. The summed E-state index contributed by atoms with van der Waals surface area (Å²) in [5.41, 5.74) is 7.83. The van der Waals surface area contributed by atoms with Crippen molar-refractivity contribution >= 4 is 11.7 Å². The molecule has 1 amide bonds. The van der Waals surface area contributed by atoms with E-state index in [1.54, 1.807) is 0 Å². The van der Waals surface area contributed by atoms with Gasteiger partial charge in [-0.25, -0.2) is 4.98 Å². The monoisotopic (exact) mass is 319 g/mol. The Morgan fingerprint density at radius 2 is 1.91 bits per heavy atom. The third-order valence-corrected chi connectivity index (χ3v) is 4.59. The van der Waals surface area contributed by atoms with Crippen molar-refractivity contribution < 1.29 is 4.79 Å². The number of likely N-dealkylation sites (N-methyl/N-ethyl adjacent to an activating group) is 1. The molecule has 6 nitrogen and oxygen atoms in total. The van der Waals surface area contributed by atoms with Crippen molar-refractivity contribution in [2.75, 3.05) is 51.1 Å². The van der Waals surface area contributed by atoms with Crippen LogP contribution in [0.15, 0.2) is 6.07 Å². The summed E-state index contributed by atoms with van der Waals surface area (Å²) in [6, 6.07) is 1.82. The van der Waals surface area contributed by atoms with Gasteiger partial charge in [-0.15, -0.1) is 0 Å². The van der Waals surface area contributed by atoms with E-state index >= 15 is 0 Å². The number of nitrogens with two attached hydrogens (primary N) is 1. The number of aromatic nitrogens is 1. The summed E-state index contributed by atoms with van der Waals surface area (Å²) in [4.78, 5) is 21.0. The van der Waals surface area contributed by atoms with E-state index in [9.17, 15) is 4.79 Å². The number of piperazine rings is 1. The first-order valence-corrected chi connectivity index (χ1v) is 8.48. The van der Waals surface area contributed by atoms with E-state index in [0.717, 1.165) is 63.5 Å². The van der Waals surface area contributed by atoms with Crippen LogP contribution in [0.1, 0.15) is 35.0 Å². The highest BCUT2D eigenvalue weighted by Gasteiger charge is 2.15. The maximum Gasteiger partial charge on any atom is 0.252 e. The number of nitrogens with one attached hydrogen (secondary N) is 1. The van der Waals surface area contributed by atoms with Gasteiger partial charge in [0, 0.05) is 38.4 Å². The minimum atomic E-state index is -0.432. The van der Waals surface area contributed by atoms with Gasteiger partial charge in [0.2, 0.25) is 0 Å². The van der Waals surface area contributed by atoms with Crippen LogP contribution in [0, 0.1) is 13.8 Å². The predicted molar refractivity (Wildman–Crippen MR) is 93.9 cm³/mol. The number of carbonyl (C=O) groups is 1. The Balaban J connectivity index is 1.80. The molecule has 1 aromatic rings. The smallest absolute Gasteiger partial charge is 0.252 e. The van der Waals surface area contributed by atoms with Gasteiger partial charge < -0.3 is 20.9 Å². The highest BCUT2D eigenvalue weighted by atomic mass is 16.1. The number of hydrogen-bond donors (Lipinski definition) is 2. The lowest BCUT2D eigenvalue weighted by Gasteiger charge is -2.34. The maximum atomic E-state index is 11.6. The largest absolute Gasteiger partial charge is 0.369 e. The fourth-order valence-corrected chi connectivity index (χ4v) is 2.87.